The predicted octanol–water partition coefficient (Wildman–Crippen LogP) is 2.56. The van der Waals surface area contributed by atoms with Crippen LogP contribution < -0.4 is 5.32 Å². The summed E-state index contributed by atoms with van der Waals surface area (Å²) >= 11 is 0. The van der Waals surface area contributed by atoms with E-state index in [-0.39, 0.29) is 36.7 Å². The molecule has 0 saturated carbocycles. The van der Waals surface area contributed by atoms with Gasteiger partial charge in [0.25, 0.3) is 0 Å². The third-order valence-corrected chi connectivity index (χ3v) is 2.96. The molecule has 1 rings (SSSR count). The summed E-state index contributed by atoms with van der Waals surface area (Å²) in [5, 5.41) is 3.48. The van der Waals surface area contributed by atoms with Gasteiger partial charge in [0.2, 0.25) is 0 Å². The second-order valence-corrected chi connectivity index (χ2v) is 4.15. The highest BCUT2D eigenvalue weighted by molar-refractivity contribution is 5.85. The molecule has 1 fully saturated rings. The topological polar surface area (TPSA) is 38.3 Å². The summed E-state index contributed by atoms with van der Waals surface area (Å²) in [5.74, 6) is -0.0375. The van der Waals surface area contributed by atoms with Crippen LogP contribution in [0.3, 0.4) is 0 Å². The largest absolute Gasteiger partial charge is 0.469 e. The minimum absolute atomic E-state index is 0. The Hall–Kier alpha value is 0.01000. The Balaban J connectivity index is 0. The van der Waals surface area contributed by atoms with E-state index < -0.39 is 0 Å². The van der Waals surface area contributed by atoms with Gasteiger partial charge in [0, 0.05) is 6.04 Å². The van der Waals surface area contributed by atoms with E-state index >= 15 is 0 Å². The smallest absolute Gasteiger partial charge is 0.308 e. The number of hydrogen-bond acceptors (Lipinski definition) is 3. The lowest BCUT2D eigenvalue weighted by Crippen LogP contribution is -2.34. The standard InChI is InChI=1S/C11H21NO2.2ClH/c1-9(11(13)14-2)6-7-10-5-3-4-8-12-10;;/h9-10,12H,3-8H2,1-2H3;2*1H. The lowest BCUT2D eigenvalue weighted by Gasteiger charge is -2.24. The minimum atomic E-state index is -0.0826. The van der Waals surface area contributed by atoms with Crippen LogP contribution >= 0.6 is 24.8 Å². The molecule has 0 radical (unpaired) electrons. The Morgan fingerprint density at radius 2 is 2.12 bits per heavy atom. The molecule has 5 heteroatoms. The summed E-state index contributed by atoms with van der Waals surface area (Å²) in [4.78, 5) is 11.1. The van der Waals surface area contributed by atoms with E-state index in [4.69, 9.17) is 4.74 Å². The lowest BCUT2D eigenvalue weighted by atomic mass is 9.96. The summed E-state index contributed by atoms with van der Waals surface area (Å²) in [5.41, 5.74) is 0. The molecule has 0 amide bonds. The highest BCUT2D eigenvalue weighted by atomic mass is 35.5. The second-order valence-electron chi connectivity index (χ2n) is 4.15. The number of methoxy groups -OCH3 is 1. The van der Waals surface area contributed by atoms with E-state index in [2.05, 4.69) is 5.32 Å². The zero-order valence-electron chi connectivity index (χ0n) is 10.0. The van der Waals surface area contributed by atoms with Gasteiger partial charge < -0.3 is 10.1 Å². The van der Waals surface area contributed by atoms with Crippen molar-refractivity contribution < 1.29 is 9.53 Å². The third kappa shape index (κ3) is 6.56. The fraction of sp³-hybridized carbons (Fsp3) is 0.909. The van der Waals surface area contributed by atoms with Crippen LogP contribution in [0, 0.1) is 5.92 Å². The van der Waals surface area contributed by atoms with Crippen molar-refractivity contribution in [1.29, 1.82) is 0 Å². The quantitative estimate of drug-likeness (QED) is 0.799. The van der Waals surface area contributed by atoms with E-state index in [1.807, 2.05) is 6.92 Å². The van der Waals surface area contributed by atoms with E-state index in [1.54, 1.807) is 0 Å². The van der Waals surface area contributed by atoms with Gasteiger partial charge in [0.05, 0.1) is 13.0 Å². The molecule has 16 heavy (non-hydrogen) atoms. The highest BCUT2D eigenvalue weighted by Crippen LogP contribution is 2.15. The SMILES string of the molecule is COC(=O)C(C)CCC1CCCCN1.Cl.Cl. The molecule has 1 N–H and O–H groups in total. The molecule has 1 aliphatic heterocycles. The summed E-state index contributed by atoms with van der Waals surface area (Å²) < 4.78 is 4.69. The lowest BCUT2D eigenvalue weighted by molar-refractivity contribution is -0.145. The van der Waals surface area contributed by atoms with Gasteiger partial charge in [0.1, 0.15) is 0 Å². The summed E-state index contributed by atoms with van der Waals surface area (Å²) in [7, 11) is 1.46. The molecule has 0 aromatic carbocycles. The maximum absolute atomic E-state index is 11.1. The Morgan fingerprint density at radius 3 is 2.62 bits per heavy atom. The van der Waals surface area contributed by atoms with Crippen LogP contribution in [0.1, 0.15) is 39.0 Å². The number of carbonyl (C=O) groups is 1. The Morgan fingerprint density at radius 1 is 1.44 bits per heavy atom. The van der Waals surface area contributed by atoms with Gasteiger partial charge in [-0.1, -0.05) is 13.3 Å². The van der Waals surface area contributed by atoms with Crippen molar-refractivity contribution >= 4 is 30.8 Å². The number of nitrogens with one attached hydrogen (secondary N) is 1. The first-order chi connectivity index (χ1) is 6.74. The van der Waals surface area contributed by atoms with Crippen molar-refractivity contribution in [2.75, 3.05) is 13.7 Å². The molecule has 3 nitrogen and oxygen atoms in total. The van der Waals surface area contributed by atoms with Crippen LogP contribution in [0.25, 0.3) is 0 Å². The summed E-state index contributed by atoms with van der Waals surface area (Å²) in [6, 6.07) is 0.621. The Kier molecular flexibility index (Phi) is 11.7. The molecular weight excluding hydrogens is 249 g/mol. The molecule has 0 aromatic rings. The van der Waals surface area contributed by atoms with Crippen LogP contribution in [0.4, 0.5) is 0 Å². The van der Waals surface area contributed by atoms with Crippen LogP contribution in [-0.4, -0.2) is 25.7 Å². The van der Waals surface area contributed by atoms with Gasteiger partial charge in [-0.3, -0.25) is 4.79 Å². The highest BCUT2D eigenvalue weighted by Gasteiger charge is 2.17. The second kappa shape index (κ2) is 10.2. The molecule has 2 unspecified atom stereocenters. The van der Waals surface area contributed by atoms with E-state index in [1.165, 1.54) is 26.4 Å². The molecule has 0 aliphatic carbocycles. The average molecular weight is 272 g/mol. The first-order valence-electron chi connectivity index (χ1n) is 5.55. The molecule has 2 atom stereocenters. The molecule has 0 spiro atoms. The van der Waals surface area contributed by atoms with Crippen molar-refractivity contribution in [3.63, 3.8) is 0 Å². The van der Waals surface area contributed by atoms with Gasteiger partial charge in [0.15, 0.2) is 0 Å². The van der Waals surface area contributed by atoms with Crippen molar-refractivity contribution in [1.82, 2.24) is 5.32 Å². The van der Waals surface area contributed by atoms with Crippen LogP contribution in [0.15, 0.2) is 0 Å². The van der Waals surface area contributed by atoms with Crippen LogP contribution in [0.2, 0.25) is 0 Å². The van der Waals surface area contributed by atoms with Crippen molar-refractivity contribution in [3.05, 3.63) is 0 Å². The number of carbonyl (C=O) groups excluding carboxylic acids is 1. The predicted molar refractivity (Wildman–Crippen MR) is 70.6 cm³/mol. The zero-order chi connectivity index (χ0) is 10.4. The molecular formula is C11H23Cl2NO2. The zero-order valence-corrected chi connectivity index (χ0v) is 11.7. The number of hydrogen-bond donors (Lipinski definition) is 1. The first-order valence-corrected chi connectivity index (χ1v) is 5.55. The van der Waals surface area contributed by atoms with E-state index in [9.17, 15) is 4.79 Å². The van der Waals surface area contributed by atoms with Gasteiger partial charge in [-0.2, -0.15) is 0 Å². The van der Waals surface area contributed by atoms with E-state index in [0.29, 0.717) is 6.04 Å². The van der Waals surface area contributed by atoms with Crippen molar-refractivity contribution in [2.24, 2.45) is 5.92 Å². The molecule has 98 valence electrons. The van der Waals surface area contributed by atoms with Crippen molar-refractivity contribution in [2.45, 2.75) is 45.1 Å². The normalized spacial score (nSPS) is 21.2. The van der Waals surface area contributed by atoms with Crippen molar-refractivity contribution in [3.8, 4) is 0 Å². The van der Waals surface area contributed by atoms with Crippen LogP contribution in [-0.2, 0) is 9.53 Å². The monoisotopic (exact) mass is 271 g/mol. The molecule has 1 saturated heterocycles. The maximum Gasteiger partial charge on any atom is 0.308 e. The van der Waals surface area contributed by atoms with Gasteiger partial charge in [-0.15, -0.1) is 24.8 Å². The number of halogens is 2. The number of piperidine rings is 1. The minimum Gasteiger partial charge on any atom is -0.469 e. The third-order valence-electron chi connectivity index (χ3n) is 2.96. The fourth-order valence-corrected chi connectivity index (χ4v) is 1.94. The number of esters is 1. The molecule has 1 heterocycles. The number of ether oxygens (including phenoxy) is 1. The molecule has 1 aliphatic rings. The molecule has 0 bridgehead atoms. The maximum atomic E-state index is 11.1. The van der Waals surface area contributed by atoms with Gasteiger partial charge in [-0.05, 0) is 32.2 Å². The Bertz CT molecular complexity index is 185. The number of rotatable bonds is 4. The average Bonchev–Trinajstić information content (AvgIpc) is 2.26. The fourth-order valence-electron chi connectivity index (χ4n) is 1.94. The van der Waals surface area contributed by atoms with Gasteiger partial charge >= 0.3 is 5.97 Å². The molecule has 0 aromatic heterocycles. The summed E-state index contributed by atoms with van der Waals surface area (Å²) in [6.45, 7) is 3.08. The summed E-state index contributed by atoms with van der Waals surface area (Å²) in [6.07, 6.45) is 5.90. The van der Waals surface area contributed by atoms with Gasteiger partial charge in [-0.25, -0.2) is 0 Å². The first kappa shape index (κ1) is 18.4. The van der Waals surface area contributed by atoms with E-state index in [0.717, 1.165) is 19.4 Å². The van der Waals surface area contributed by atoms with Crippen LogP contribution in [0.5, 0.6) is 0 Å². The Labute approximate surface area is 111 Å².